The van der Waals surface area contributed by atoms with Crippen molar-refractivity contribution in [2.45, 2.75) is 5.41 Å². The maximum Gasteiger partial charge on any atom is 0.137 e. The Morgan fingerprint density at radius 1 is 0.444 bits per heavy atom. The molecule has 63 heavy (non-hydrogen) atoms. The normalized spacial score (nSPS) is 12.7. The highest BCUT2D eigenvalue weighted by Crippen LogP contribution is 2.57. The van der Waals surface area contributed by atoms with E-state index >= 15 is 0 Å². The van der Waals surface area contributed by atoms with Gasteiger partial charge in [0.05, 0.1) is 5.41 Å². The highest BCUT2D eigenvalue weighted by molar-refractivity contribution is 6.07. The predicted octanol–water partition coefficient (Wildman–Crippen LogP) is 15.9. The fourth-order valence-corrected chi connectivity index (χ4v) is 9.49. The minimum Gasteiger partial charge on any atom is -0.457 e. The smallest absolute Gasteiger partial charge is 0.137 e. The Morgan fingerprint density at radius 2 is 0.873 bits per heavy atom. The SMILES string of the molecule is C=Cc1ccc(Oc2ccc(C3(c4ccc(F)cc4)c4cc(Nc5ccc6c(c5)oc5ccccc56)ccc4-c4ccc(Nc5ccc6c(c5)oc5ccccc56)cc43)cc2)cc1. The molecule has 0 amide bonds. The molecule has 0 unspecified atom stereocenters. The lowest BCUT2D eigenvalue weighted by Gasteiger charge is -2.34. The predicted molar refractivity (Wildman–Crippen MR) is 254 cm³/mol. The van der Waals surface area contributed by atoms with Gasteiger partial charge in [0, 0.05) is 56.4 Å². The van der Waals surface area contributed by atoms with Gasteiger partial charge in [0.2, 0.25) is 0 Å². The van der Waals surface area contributed by atoms with Crippen LogP contribution in [0.1, 0.15) is 27.8 Å². The fraction of sp³-hybridized carbons (Fsp3) is 0.0175. The van der Waals surface area contributed by atoms with E-state index in [0.29, 0.717) is 5.75 Å². The van der Waals surface area contributed by atoms with Gasteiger partial charge >= 0.3 is 0 Å². The standard InChI is InChI=1S/C57H37FN2O3/c1-2-35-11-23-43(24-12-35)61-44-25-15-37(16-26-44)57(36-13-17-38(58)18-14-36)51-31-39(59-41-21-29-49-47-7-3-5-9-53(47)62-55(49)33-41)19-27-45(51)46-28-20-40(32-52(46)57)60-42-22-30-50-48-8-4-6-10-54(48)63-56(50)34-42/h2-34,59-60H,1H2. The topological polar surface area (TPSA) is 59.6 Å². The van der Waals surface area contributed by atoms with E-state index in [9.17, 15) is 4.39 Å². The van der Waals surface area contributed by atoms with E-state index in [4.69, 9.17) is 13.6 Å². The largest absolute Gasteiger partial charge is 0.457 e. The monoisotopic (exact) mass is 816 g/mol. The molecule has 2 heterocycles. The zero-order valence-corrected chi connectivity index (χ0v) is 33.9. The van der Waals surface area contributed by atoms with Crippen LogP contribution in [0.15, 0.2) is 210 Å². The second-order valence-corrected chi connectivity index (χ2v) is 16.0. The van der Waals surface area contributed by atoms with Gasteiger partial charge in [-0.2, -0.15) is 0 Å². The van der Waals surface area contributed by atoms with Gasteiger partial charge in [-0.15, -0.1) is 0 Å². The number of ether oxygens (including phenoxy) is 1. The molecule has 300 valence electrons. The highest BCUT2D eigenvalue weighted by atomic mass is 19.1. The van der Waals surface area contributed by atoms with Crippen LogP contribution in [0.25, 0.3) is 61.1 Å². The molecule has 9 aromatic carbocycles. The van der Waals surface area contributed by atoms with Gasteiger partial charge in [0.1, 0.15) is 39.6 Å². The first-order chi connectivity index (χ1) is 31.0. The average Bonchev–Trinajstić information content (AvgIpc) is 3.97. The molecule has 5 nitrogen and oxygen atoms in total. The Kier molecular flexibility index (Phi) is 8.34. The molecule has 2 aromatic heterocycles. The molecular formula is C57H37FN2O3. The quantitative estimate of drug-likeness (QED) is 0.152. The first-order valence-corrected chi connectivity index (χ1v) is 20.9. The summed E-state index contributed by atoms with van der Waals surface area (Å²) in [7, 11) is 0. The number of halogens is 1. The van der Waals surface area contributed by atoms with Crippen LogP contribution in [0.4, 0.5) is 27.1 Å². The highest BCUT2D eigenvalue weighted by Gasteiger charge is 2.46. The summed E-state index contributed by atoms with van der Waals surface area (Å²) in [6.07, 6.45) is 1.81. The first-order valence-electron chi connectivity index (χ1n) is 20.9. The van der Waals surface area contributed by atoms with E-state index in [0.717, 1.165) is 111 Å². The maximum absolute atomic E-state index is 14.9. The fourth-order valence-electron chi connectivity index (χ4n) is 9.49. The number of anilines is 4. The van der Waals surface area contributed by atoms with Gasteiger partial charge in [-0.3, -0.25) is 0 Å². The summed E-state index contributed by atoms with van der Waals surface area (Å²) in [5, 5.41) is 11.7. The second kappa shape index (κ2) is 14.4. The Hall–Kier alpha value is -8.35. The van der Waals surface area contributed by atoms with Crippen LogP contribution in [0.2, 0.25) is 0 Å². The van der Waals surface area contributed by atoms with E-state index in [1.807, 2.05) is 91.0 Å². The number of rotatable bonds is 9. The van der Waals surface area contributed by atoms with E-state index in [-0.39, 0.29) is 5.82 Å². The van der Waals surface area contributed by atoms with Gasteiger partial charge in [-0.1, -0.05) is 97.6 Å². The third kappa shape index (κ3) is 6.06. The zero-order valence-electron chi connectivity index (χ0n) is 33.9. The molecule has 1 aliphatic carbocycles. The van der Waals surface area contributed by atoms with E-state index in [1.165, 1.54) is 0 Å². The lowest BCUT2D eigenvalue weighted by atomic mass is 9.67. The minimum absolute atomic E-state index is 0.300. The van der Waals surface area contributed by atoms with Crippen molar-refractivity contribution in [1.82, 2.24) is 0 Å². The summed E-state index contributed by atoms with van der Waals surface area (Å²) < 4.78 is 33.8. The second-order valence-electron chi connectivity index (χ2n) is 16.0. The average molecular weight is 817 g/mol. The van der Waals surface area contributed by atoms with E-state index in [1.54, 1.807) is 12.1 Å². The summed E-state index contributed by atoms with van der Waals surface area (Å²) >= 11 is 0. The van der Waals surface area contributed by atoms with Crippen molar-refractivity contribution < 1.29 is 18.0 Å². The molecule has 1 aliphatic rings. The molecular weight excluding hydrogens is 780 g/mol. The van der Waals surface area contributed by atoms with Crippen molar-refractivity contribution in [2.24, 2.45) is 0 Å². The first kappa shape index (κ1) is 36.5. The number of benzene rings is 9. The maximum atomic E-state index is 14.9. The number of para-hydroxylation sites is 2. The van der Waals surface area contributed by atoms with Gasteiger partial charge in [-0.25, -0.2) is 4.39 Å². The minimum atomic E-state index is -0.858. The summed E-state index contributed by atoms with van der Waals surface area (Å²) in [4.78, 5) is 0. The molecule has 0 fully saturated rings. The van der Waals surface area contributed by atoms with Gasteiger partial charge < -0.3 is 24.2 Å². The zero-order chi connectivity index (χ0) is 42.1. The number of fused-ring (bicyclic) bond motifs is 9. The van der Waals surface area contributed by atoms with Gasteiger partial charge in [0.25, 0.3) is 0 Å². The van der Waals surface area contributed by atoms with Crippen molar-refractivity contribution in [3.63, 3.8) is 0 Å². The molecule has 0 atom stereocenters. The summed E-state index contributed by atoms with van der Waals surface area (Å²) in [6, 6.07) is 64.8. The Labute approximate surface area is 362 Å². The molecule has 6 heteroatoms. The van der Waals surface area contributed by atoms with Crippen LogP contribution in [0.5, 0.6) is 11.5 Å². The van der Waals surface area contributed by atoms with Gasteiger partial charge in [-0.05, 0) is 136 Å². The van der Waals surface area contributed by atoms with Crippen LogP contribution < -0.4 is 15.4 Å². The van der Waals surface area contributed by atoms with Crippen LogP contribution in [-0.4, -0.2) is 0 Å². The number of furan rings is 2. The molecule has 0 aliphatic heterocycles. The lowest BCUT2D eigenvalue weighted by Crippen LogP contribution is -2.28. The van der Waals surface area contributed by atoms with Crippen molar-refractivity contribution >= 4 is 72.7 Å². The molecule has 0 saturated heterocycles. The summed E-state index contributed by atoms with van der Waals surface area (Å²) in [5.41, 5.74) is 13.4. The van der Waals surface area contributed by atoms with E-state index < -0.39 is 5.41 Å². The molecule has 0 spiro atoms. The van der Waals surface area contributed by atoms with Crippen LogP contribution in [-0.2, 0) is 5.41 Å². The van der Waals surface area contributed by atoms with Crippen LogP contribution in [0, 0.1) is 5.82 Å². The molecule has 0 saturated carbocycles. The number of hydrogen-bond acceptors (Lipinski definition) is 5. The number of nitrogens with one attached hydrogen (secondary N) is 2. The van der Waals surface area contributed by atoms with Crippen molar-refractivity contribution in [1.29, 1.82) is 0 Å². The van der Waals surface area contributed by atoms with Crippen molar-refractivity contribution in [3.05, 3.63) is 234 Å². The molecule has 0 bridgehead atoms. The van der Waals surface area contributed by atoms with Gasteiger partial charge in [0.15, 0.2) is 0 Å². The van der Waals surface area contributed by atoms with Crippen LogP contribution in [0.3, 0.4) is 0 Å². The number of hydrogen-bond donors (Lipinski definition) is 2. The third-order valence-corrected chi connectivity index (χ3v) is 12.4. The Bertz CT molecular complexity index is 3400. The Morgan fingerprint density at radius 3 is 1.38 bits per heavy atom. The van der Waals surface area contributed by atoms with Crippen molar-refractivity contribution in [3.8, 4) is 22.6 Å². The third-order valence-electron chi connectivity index (χ3n) is 12.4. The molecule has 12 rings (SSSR count). The van der Waals surface area contributed by atoms with E-state index in [2.05, 4.69) is 114 Å². The van der Waals surface area contributed by atoms with Crippen molar-refractivity contribution in [2.75, 3.05) is 10.6 Å². The lowest BCUT2D eigenvalue weighted by molar-refractivity contribution is 0.482. The summed E-state index contributed by atoms with van der Waals surface area (Å²) in [6.45, 7) is 3.87. The Balaban J connectivity index is 1.00. The molecule has 11 aromatic rings. The molecule has 0 radical (unpaired) electrons. The molecule has 2 N–H and O–H groups in total. The summed E-state index contributed by atoms with van der Waals surface area (Å²) in [5.74, 6) is 1.13. The van der Waals surface area contributed by atoms with Crippen LogP contribution >= 0.6 is 0 Å².